The van der Waals surface area contributed by atoms with Gasteiger partial charge in [-0.2, -0.15) is 0 Å². The summed E-state index contributed by atoms with van der Waals surface area (Å²) >= 11 is 1.63. The molecule has 0 fully saturated rings. The van der Waals surface area contributed by atoms with Crippen LogP contribution in [0.5, 0.6) is 5.88 Å². The first kappa shape index (κ1) is 18.6. The van der Waals surface area contributed by atoms with Crippen LogP contribution >= 0.6 is 11.3 Å². The molecule has 0 saturated carbocycles. The second-order valence-corrected chi connectivity index (χ2v) is 7.58. The van der Waals surface area contributed by atoms with Crippen LogP contribution in [-0.2, 0) is 17.6 Å². The normalized spacial score (nSPS) is 13.4. The molecule has 3 aromatic heterocycles. The van der Waals surface area contributed by atoms with Gasteiger partial charge in [0.1, 0.15) is 0 Å². The zero-order chi connectivity index (χ0) is 19.5. The fraction of sp³-hybridized carbons (Fsp3) is 0.368. The van der Waals surface area contributed by atoms with E-state index in [0.717, 1.165) is 45.5 Å². The minimum atomic E-state index is 0.197. The number of pyridine rings is 1. The summed E-state index contributed by atoms with van der Waals surface area (Å²) in [6.07, 6.45) is 5.38. The fourth-order valence-corrected chi connectivity index (χ4v) is 4.22. The van der Waals surface area contributed by atoms with Gasteiger partial charge in [0.25, 0.3) is 0 Å². The van der Waals surface area contributed by atoms with E-state index >= 15 is 0 Å². The first-order chi connectivity index (χ1) is 13.7. The number of fused-ring (bicyclic) bond motifs is 3. The summed E-state index contributed by atoms with van der Waals surface area (Å²) in [4.78, 5) is 19.3. The zero-order valence-corrected chi connectivity index (χ0v) is 16.8. The van der Waals surface area contributed by atoms with Gasteiger partial charge in [0.05, 0.1) is 41.9 Å². The molecule has 0 amide bonds. The number of aromatic nitrogens is 4. The Morgan fingerprint density at radius 2 is 2.04 bits per heavy atom. The van der Waals surface area contributed by atoms with Gasteiger partial charge in [0, 0.05) is 25.4 Å². The lowest BCUT2D eigenvalue weighted by Gasteiger charge is -2.14. The van der Waals surface area contributed by atoms with Crippen LogP contribution in [0.4, 0.5) is 16.8 Å². The molecule has 8 nitrogen and oxygen atoms in total. The van der Waals surface area contributed by atoms with Gasteiger partial charge < -0.3 is 20.1 Å². The highest BCUT2D eigenvalue weighted by molar-refractivity contribution is 7.19. The van der Waals surface area contributed by atoms with Gasteiger partial charge in [0.2, 0.25) is 11.8 Å². The Bertz CT molecular complexity index is 960. The van der Waals surface area contributed by atoms with Crippen molar-refractivity contribution in [1.82, 2.24) is 19.9 Å². The Morgan fingerprint density at radius 1 is 1.14 bits per heavy atom. The molecule has 3 heterocycles. The van der Waals surface area contributed by atoms with Gasteiger partial charge in [-0.25, -0.2) is 19.9 Å². The average Bonchev–Trinajstić information content (AvgIpc) is 3.11. The lowest BCUT2D eigenvalue weighted by atomic mass is 10.00. The van der Waals surface area contributed by atoms with E-state index in [1.54, 1.807) is 37.8 Å². The number of hydrogen-bond acceptors (Lipinski definition) is 9. The number of aryl methyl sites for hydroxylation is 2. The van der Waals surface area contributed by atoms with Crippen LogP contribution < -0.4 is 15.4 Å². The van der Waals surface area contributed by atoms with Gasteiger partial charge in [0.15, 0.2) is 5.13 Å². The van der Waals surface area contributed by atoms with Crippen LogP contribution in [0.25, 0.3) is 10.6 Å². The highest BCUT2D eigenvalue weighted by Gasteiger charge is 2.23. The lowest BCUT2D eigenvalue weighted by molar-refractivity contribution is 0.190. The largest absolute Gasteiger partial charge is 0.481 e. The first-order valence-corrected chi connectivity index (χ1v) is 9.86. The van der Waals surface area contributed by atoms with E-state index in [9.17, 15) is 0 Å². The number of thiazole rings is 1. The number of nitrogens with zero attached hydrogens (tertiary/aromatic N) is 4. The molecule has 0 aromatic carbocycles. The third-order valence-electron chi connectivity index (χ3n) is 4.40. The molecule has 4 rings (SSSR count). The van der Waals surface area contributed by atoms with Crippen LogP contribution in [0.3, 0.4) is 0 Å². The van der Waals surface area contributed by atoms with Crippen LogP contribution in [0.2, 0.25) is 0 Å². The Balaban J connectivity index is 1.58. The minimum Gasteiger partial charge on any atom is -0.481 e. The molecule has 0 saturated heterocycles. The molecule has 2 N–H and O–H groups in total. The van der Waals surface area contributed by atoms with Crippen molar-refractivity contribution in [3.8, 4) is 16.5 Å². The second-order valence-electron chi connectivity index (χ2n) is 6.58. The van der Waals surface area contributed by atoms with Gasteiger partial charge in [-0.3, -0.25) is 0 Å². The van der Waals surface area contributed by atoms with Crippen molar-refractivity contribution in [3.63, 3.8) is 0 Å². The number of nitrogens with one attached hydrogen (secondary N) is 2. The third-order valence-corrected chi connectivity index (χ3v) is 5.43. The van der Waals surface area contributed by atoms with Crippen molar-refractivity contribution in [1.29, 1.82) is 0 Å². The molecule has 1 aliphatic rings. The predicted molar refractivity (Wildman–Crippen MR) is 110 cm³/mol. The molecule has 1 unspecified atom stereocenters. The van der Waals surface area contributed by atoms with Gasteiger partial charge in [-0.05, 0) is 31.4 Å². The number of hydrogen-bond donors (Lipinski definition) is 2. The van der Waals surface area contributed by atoms with Gasteiger partial charge in [-0.1, -0.05) is 11.3 Å². The number of rotatable bonds is 7. The van der Waals surface area contributed by atoms with E-state index in [1.165, 1.54) is 0 Å². The maximum atomic E-state index is 5.19. The topological polar surface area (TPSA) is 94.1 Å². The predicted octanol–water partition coefficient (Wildman–Crippen LogP) is 3.29. The summed E-state index contributed by atoms with van der Waals surface area (Å²) in [7, 11) is 3.29. The van der Waals surface area contributed by atoms with Gasteiger partial charge in [-0.15, -0.1) is 0 Å². The van der Waals surface area contributed by atoms with Crippen LogP contribution in [0.1, 0.15) is 18.2 Å². The molecule has 0 radical (unpaired) electrons. The fourth-order valence-electron chi connectivity index (χ4n) is 3.07. The quantitative estimate of drug-likeness (QED) is 0.626. The molecular formula is C19H22N6O2S. The van der Waals surface area contributed by atoms with E-state index < -0.39 is 0 Å². The monoisotopic (exact) mass is 398 g/mol. The Kier molecular flexibility index (Phi) is 5.36. The molecule has 28 heavy (non-hydrogen) atoms. The smallest absolute Gasteiger partial charge is 0.227 e. The van der Waals surface area contributed by atoms with Crippen molar-refractivity contribution >= 4 is 28.1 Å². The van der Waals surface area contributed by atoms with Crippen LogP contribution in [-0.4, -0.2) is 46.8 Å². The number of ether oxygens (including phenoxy) is 2. The van der Waals surface area contributed by atoms with Crippen molar-refractivity contribution in [2.45, 2.75) is 25.8 Å². The minimum absolute atomic E-state index is 0.197. The summed E-state index contributed by atoms with van der Waals surface area (Å²) < 4.78 is 10.3. The molecule has 1 atom stereocenters. The van der Waals surface area contributed by atoms with Crippen molar-refractivity contribution < 1.29 is 9.47 Å². The standard InChI is InChI=1S/C19H22N6O2S/c1-11(10-26-2)22-19-24-14-6-4-12-8-21-18(25-16(12)17(14)28-19)23-13-5-7-15(27-3)20-9-13/h5,7-9,11H,4,6,10H2,1-3H3,(H,22,24)(H,21,23,25). The summed E-state index contributed by atoms with van der Waals surface area (Å²) in [5, 5.41) is 7.50. The molecule has 0 aliphatic heterocycles. The zero-order valence-electron chi connectivity index (χ0n) is 16.0. The van der Waals surface area contributed by atoms with Crippen LogP contribution in [0.15, 0.2) is 24.5 Å². The Labute approximate surface area is 167 Å². The highest BCUT2D eigenvalue weighted by atomic mass is 32.1. The average molecular weight is 398 g/mol. The number of anilines is 3. The van der Waals surface area contributed by atoms with Crippen LogP contribution in [0, 0.1) is 0 Å². The van der Waals surface area contributed by atoms with E-state index in [0.29, 0.717) is 18.4 Å². The third kappa shape index (κ3) is 3.90. The lowest BCUT2D eigenvalue weighted by Crippen LogP contribution is -2.20. The molecule has 3 aromatic rings. The Hall–Kier alpha value is -2.78. The molecule has 9 heteroatoms. The van der Waals surface area contributed by atoms with Gasteiger partial charge >= 0.3 is 0 Å². The SMILES string of the molecule is COCC(C)Nc1nc2c(s1)-c1nc(Nc3ccc(OC)nc3)ncc1CC2. The summed E-state index contributed by atoms with van der Waals surface area (Å²) in [6.45, 7) is 2.71. The summed E-state index contributed by atoms with van der Waals surface area (Å²) in [5.41, 5.74) is 3.98. The van der Waals surface area contributed by atoms with Crippen molar-refractivity contribution in [2.75, 3.05) is 31.5 Å². The van der Waals surface area contributed by atoms with Crippen molar-refractivity contribution in [2.24, 2.45) is 0 Å². The number of methoxy groups -OCH3 is 2. The molecule has 0 spiro atoms. The van der Waals surface area contributed by atoms with E-state index in [4.69, 9.17) is 19.4 Å². The summed E-state index contributed by atoms with van der Waals surface area (Å²) in [6, 6.07) is 3.87. The molecule has 1 aliphatic carbocycles. The van der Waals surface area contributed by atoms with E-state index in [1.807, 2.05) is 12.3 Å². The summed E-state index contributed by atoms with van der Waals surface area (Å²) in [5.74, 6) is 1.10. The maximum Gasteiger partial charge on any atom is 0.227 e. The first-order valence-electron chi connectivity index (χ1n) is 9.04. The molecule has 0 bridgehead atoms. The Morgan fingerprint density at radius 3 is 2.79 bits per heavy atom. The second kappa shape index (κ2) is 8.07. The molecular weight excluding hydrogens is 376 g/mol. The maximum absolute atomic E-state index is 5.19. The van der Waals surface area contributed by atoms with E-state index in [2.05, 4.69) is 27.5 Å². The highest BCUT2D eigenvalue weighted by Crippen LogP contribution is 2.38. The molecule has 146 valence electrons. The van der Waals surface area contributed by atoms with Crippen molar-refractivity contribution in [3.05, 3.63) is 35.8 Å². The van der Waals surface area contributed by atoms with E-state index in [-0.39, 0.29) is 6.04 Å².